The number of hydrogen-bond acceptors (Lipinski definition) is 7. The summed E-state index contributed by atoms with van der Waals surface area (Å²) in [7, 11) is 0. The molecule has 1 saturated carbocycles. The summed E-state index contributed by atoms with van der Waals surface area (Å²) in [6.45, 7) is 12.5. The SMILES string of the molecule is CCCNc1ncc2c(-c3ccc(CN4CCN(C(=O)OC(C)(C)C)CC4)cc3)cn([C@H]3CC[C@H](O)CC3)c2n1. The number of piperazine rings is 1. The largest absolute Gasteiger partial charge is 0.444 e. The van der Waals surface area contributed by atoms with Crippen LogP contribution in [0.25, 0.3) is 22.2 Å². The third kappa shape index (κ3) is 6.75. The van der Waals surface area contributed by atoms with Crippen molar-refractivity contribution in [1.29, 1.82) is 0 Å². The van der Waals surface area contributed by atoms with E-state index in [-0.39, 0.29) is 12.2 Å². The number of rotatable bonds is 7. The predicted molar refractivity (Wildman–Crippen MR) is 158 cm³/mol. The van der Waals surface area contributed by atoms with Crippen LogP contribution in [0.15, 0.2) is 36.7 Å². The number of anilines is 1. The van der Waals surface area contributed by atoms with Crippen molar-refractivity contribution in [3.8, 4) is 11.1 Å². The van der Waals surface area contributed by atoms with Crippen LogP contribution in [0.1, 0.15) is 71.4 Å². The second-order valence-corrected chi connectivity index (χ2v) is 12.2. The zero-order valence-corrected chi connectivity index (χ0v) is 24.4. The fourth-order valence-corrected chi connectivity index (χ4v) is 5.66. The zero-order valence-electron chi connectivity index (χ0n) is 24.4. The van der Waals surface area contributed by atoms with E-state index in [4.69, 9.17) is 9.72 Å². The molecule has 2 fully saturated rings. The molecule has 2 aliphatic rings. The molecule has 0 spiro atoms. The topological polar surface area (TPSA) is 95.8 Å². The summed E-state index contributed by atoms with van der Waals surface area (Å²) in [6, 6.07) is 9.12. The highest BCUT2D eigenvalue weighted by Crippen LogP contribution is 2.36. The molecule has 0 unspecified atom stereocenters. The lowest BCUT2D eigenvalue weighted by Crippen LogP contribution is -2.49. The Morgan fingerprint density at radius 1 is 1.07 bits per heavy atom. The number of amides is 1. The number of nitrogens with one attached hydrogen (secondary N) is 1. The van der Waals surface area contributed by atoms with Gasteiger partial charge in [0.25, 0.3) is 0 Å². The Hall–Kier alpha value is -3.17. The van der Waals surface area contributed by atoms with Gasteiger partial charge in [0.2, 0.25) is 5.95 Å². The number of benzene rings is 1. The summed E-state index contributed by atoms with van der Waals surface area (Å²) < 4.78 is 7.84. The number of aliphatic hydroxyl groups excluding tert-OH is 1. The van der Waals surface area contributed by atoms with Crippen LogP contribution in [-0.4, -0.2) is 80.0 Å². The minimum atomic E-state index is -0.471. The van der Waals surface area contributed by atoms with Crippen molar-refractivity contribution < 1.29 is 14.6 Å². The van der Waals surface area contributed by atoms with Crippen LogP contribution in [-0.2, 0) is 11.3 Å². The lowest BCUT2D eigenvalue weighted by molar-refractivity contribution is 0.0139. The summed E-state index contributed by atoms with van der Waals surface area (Å²) in [6.07, 6.45) is 8.33. The van der Waals surface area contributed by atoms with Crippen molar-refractivity contribution >= 4 is 23.1 Å². The first-order chi connectivity index (χ1) is 19.2. The molecule has 5 rings (SSSR count). The third-order valence-electron chi connectivity index (χ3n) is 7.86. The highest BCUT2D eigenvalue weighted by atomic mass is 16.6. The van der Waals surface area contributed by atoms with E-state index in [1.807, 2.05) is 27.0 Å². The first-order valence-corrected chi connectivity index (χ1v) is 14.8. The van der Waals surface area contributed by atoms with Crippen molar-refractivity contribution in [3.05, 3.63) is 42.2 Å². The van der Waals surface area contributed by atoms with Gasteiger partial charge in [-0.15, -0.1) is 0 Å². The van der Waals surface area contributed by atoms with E-state index in [1.165, 1.54) is 5.56 Å². The normalized spacial score (nSPS) is 20.6. The van der Waals surface area contributed by atoms with E-state index in [0.717, 1.165) is 80.4 Å². The smallest absolute Gasteiger partial charge is 0.410 e. The van der Waals surface area contributed by atoms with Crippen LogP contribution in [0.2, 0.25) is 0 Å². The van der Waals surface area contributed by atoms with Crippen LogP contribution in [0.4, 0.5) is 10.7 Å². The lowest BCUT2D eigenvalue weighted by Gasteiger charge is -2.35. The molecule has 40 heavy (non-hydrogen) atoms. The van der Waals surface area contributed by atoms with E-state index in [0.29, 0.717) is 25.1 Å². The van der Waals surface area contributed by atoms with Gasteiger partial charge >= 0.3 is 6.09 Å². The first-order valence-electron chi connectivity index (χ1n) is 14.8. The number of ether oxygens (including phenoxy) is 1. The van der Waals surface area contributed by atoms with E-state index in [1.54, 1.807) is 4.90 Å². The van der Waals surface area contributed by atoms with Gasteiger partial charge in [0.1, 0.15) is 11.2 Å². The van der Waals surface area contributed by atoms with Gasteiger partial charge in [-0.1, -0.05) is 31.2 Å². The molecule has 0 radical (unpaired) electrons. The van der Waals surface area contributed by atoms with Gasteiger partial charge in [0.05, 0.1) is 6.10 Å². The van der Waals surface area contributed by atoms with Crippen molar-refractivity contribution in [2.24, 2.45) is 0 Å². The molecule has 1 amide bonds. The molecule has 1 aliphatic heterocycles. The van der Waals surface area contributed by atoms with Crippen molar-refractivity contribution in [3.63, 3.8) is 0 Å². The molecule has 1 aromatic carbocycles. The maximum atomic E-state index is 12.4. The Bertz CT molecular complexity index is 1280. The van der Waals surface area contributed by atoms with Gasteiger partial charge in [-0.25, -0.2) is 9.78 Å². The first kappa shape index (κ1) is 28.4. The minimum absolute atomic E-state index is 0.193. The average Bonchev–Trinajstić information content (AvgIpc) is 3.31. The number of fused-ring (bicyclic) bond motifs is 1. The Morgan fingerprint density at radius 2 is 1.77 bits per heavy atom. The number of nitrogens with zero attached hydrogens (tertiary/aromatic N) is 5. The Labute approximate surface area is 237 Å². The predicted octanol–water partition coefficient (Wildman–Crippen LogP) is 5.45. The molecule has 9 nitrogen and oxygen atoms in total. The molecule has 216 valence electrons. The summed E-state index contributed by atoms with van der Waals surface area (Å²) in [4.78, 5) is 26.1. The molecule has 1 saturated heterocycles. The van der Waals surface area contributed by atoms with Gasteiger partial charge in [-0.3, -0.25) is 4.90 Å². The van der Waals surface area contributed by atoms with Gasteiger partial charge < -0.3 is 24.6 Å². The molecule has 0 atom stereocenters. The molecule has 2 aromatic heterocycles. The average molecular weight is 549 g/mol. The molecule has 9 heteroatoms. The molecule has 0 bridgehead atoms. The van der Waals surface area contributed by atoms with Gasteiger partial charge in [0, 0.05) is 68.7 Å². The molecule has 1 aliphatic carbocycles. The van der Waals surface area contributed by atoms with Crippen LogP contribution in [0.5, 0.6) is 0 Å². The number of carbonyl (C=O) groups is 1. The maximum absolute atomic E-state index is 12.4. The Morgan fingerprint density at radius 3 is 2.42 bits per heavy atom. The van der Waals surface area contributed by atoms with Gasteiger partial charge in [-0.2, -0.15) is 4.98 Å². The maximum Gasteiger partial charge on any atom is 0.410 e. The number of aromatic nitrogens is 3. The quantitative estimate of drug-likeness (QED) is 0.405. The molecular weight excluding hydrogens is 504 g/mol. The van der Waals surface area contributed by atoms with E-state index in [2.05, 4.69) is 57.2 Å². The molecule has 3 heterocycles. The van der Waals surface area contributed by atoms with Crippen molar-refractivity contribution in [2.45, 2.75) is 84.1 Å². The van der Waals surface area contributed by atoms with E-state index >= 15 is 0 Å². The Kier molecular flexibility index (Phi) is 8.61. The molecule has 3 aromatic rings. The van der Waals surface area contributed by atoms with E-state index < -0.39 is 5.60 Å². The summed E-state index contributed by atoms with van der Waals surface area (Å²) in [5, 5.41) is 14.4. The van der Waals surface area contributed by atoms with Crippen molar-refractivity contribution in [2.75, 3.05) is 38.0 Å². The highest BCUT2D eigenvalue weighted by molar-refractivity contribution is 5.94. The summed E-state index contributed by atoms with van der Waals surface area (Å²) in [5.74, 6) is 0.665. The van der Waals surface area contributed by atoms with Crippen LogP contribution in [0, 0.1) is 0 Å². The highest BCUT2D eigenvalue weighted by Gasteiger charge is 2.27. The molecular formula is C31H44N6O3. The number of aliphatic hydroxyl groups is 1. The second-order valence-electron chi connectivity index (χ2n) is 12.2. The monoisotopic (exact) mass is 548 g/mol. The standard InChI is InChI=1S/C31H44N6O3/c1-5-14-32-29-33-19-26-27(21-37(28(26)34-29)24-10-12-25(38)13-11-24)23-8-6-22(7-9-23)20-35-15-17-36(18-16-35)30(39)40-31(2,3)4/h6-9,19,21,24-25,38H,5,10-18,20H2,1-4H3,(H,32,33,34)/t24-,25-. The second kappa shape index (κ2) is 12.1. The fourth-order valence-electron chi connectivity index (χ4n) is 5.66. The van der Waals surface area contributed by atoms with Gasteiger partial charge in [0.15, 0.2) is 0 Å². The van der Waals surface area contributed by atoms with Crippen LogP contribution >= 0.6 is 0 Å². The Balaban J connectivity index is 1.30. The number of carbonyl (C=O) groups excluding carboxylic acids is 1. The minimum Gasteiger partial charge on any atom is -0.444 e. The molecule has 2 N–H and O–H groups in total. The van der Waals surface area contributed by atoms with Crippen LogP contribution < -0.4 is 5.32 Å². The van der Waals surface area contributed by atoms with Crippen molar-refractivity contribution in [1.82, 2.24) is 24.3 Å². The lowest BCUT2D eigenvalue weighted by atomic mass is 9.93. The van der Waals surface area contributed by atoms with Crippen LogP contribution in [0.3, 0.4) is 0 Å². The fraction of sp³-hybridized carbons (Fsp3) is 0.581. The summed E-state index contributed by atoms with van der Waals surface area (Å²) >= 11 is 0. The zero-order chi connectivity index (χ0) is 28.3. The number of hydrogen-bond donors (Lipinski definition) is 2. The third-order valence-corrected chi connectivity index (χ3v) is 7.86. The van der Waals surface area contributed by atoms with E-state index in [9.17, 15) is 9.90 Å². The summed E-state index contributed by atoms with van der Waals surface area (Å²) in [5.41, 5.74) is 4.02. The van der Waals surface area contributed by atoms with Gasteiger partial charge in [-0.05, 0) is 64.0 Å².